The Balaban J connectivity index is 1.48. The van der Waals surface area contributed by atoms with E-state index in [0.29, 0.717) is 21.9 Å². The molecule has 5 rings (SSSR count). The Morgan fingerprint density at radius 3 is 2.62 bits per heavy atom. The molecule has 0 atom stereocenters. The molecule has 4 nitrogen and oxygen atoms in total. The van der Waals surface area contributed by atoms with E-state index in [1.165, 1.54) is 10.9 Å². The third-order valence-electron chi connectivity index (χ3n) is 6.10. The van der Waals surface area contributed by atoms with Gasteiger partial charge in [0.15, 0.2) is 0 Å². The molecule has 1 aliphatic carbocycles. The maximum absolute atomic E-state index is 14.2. The Hall–Kier alpha value is -2.31. The van der Waals surface area contributed by atoms with Crippen LogP contribution < -0.4 is 10.1 Å². The first-order valence-corrected chi connectivity index (χ1v) is 14.9. The van der Waals surface area contributed by atoms with Crippen molar-refractivity contribution in [3.63, 3.8) is 0 Å². The molecule has 0 unspecified atom stereocenters. The molecular weight excluding hydrogens is 713 g/mol. The molecule has 3 aromatic carbocycles. The van der Waals surface area contributed by atoms with Gasteiger partial charge in [0, 0.05) is 31.5 Å². The molecule has 0 fully saturated rings. The van der Waals surface area contributed by atoms with Crippen molar-refractivity contribution in [3.05, 3.63) is 107 Å². The number of fused-ring (bicyclic) bond motifs is 1. The summed E-state index contributed by atoms with van der Waals surface area (Å²) in [5.74, 6) is 0.215. The summed E-state index contributed by atoms with van der Waals surface area (Å²) in [7, 11) is 0. The van der Waals surface area contributed by atoms with Crippen LogP contribution in [0.5, 0.6) is 5.75 Å². The zero-order chi connectivity index (χ0) is 25.8. The predicted octanol–water partition coefficient (Wildman–Crippen LogP) is 8.56. The van der Waals surface area contributed by atoms with E-state index in [0.717, 1.165) is 49.6 Å². The monoisotopic (exact) mass is 736 g/mol. The SMILES string of the molecule is O=C(Nc1ccccc1)c1c(N=Cc2cc(I)cc(I)c2OCc2ccccc2F)sc2c1CCCC2. The highest BCUT2D eigenvalue weighted by Gasteiger charge is 2.25. The summed E-state index contributed by atoms with van der Waals surface area (Å²) in [5, 5.41) is 3.74. The van der Waals surface area contributed by atoms with Crippen molar-refractivity contribution < 1.29 is 13.9 Å². The zero-order valence-electron chi connectivity index (χ0n) is 19.8. The summed E-state index contributed by atoms with van der Waals surface area (Å²) in [5.41, 5.74) is 3.81. The summed E-state index contributed by atoms with van der Waals surface area (Å²) in [6.07, 6.45) is 5.81. The number of aliphatic imine (C=N–C) groups is 1. The van der Waals surface area contributed by atoms with Crippen LogP contribution in [0.4, 0.5) is 15.1 Å². The second-order valence-electron chi connectivity index (χ2n) is 8.66. The number of aryl methyl sites for hydroxylation is 1. The molecule has 0 radical (unpaired) electrons. The van der Waals surface area contributed by atoms with Crippen molar-refractivity contribution >= 4 is 79.3 Å². The van der Waals surface area contributed by atoms with Crippen molar-refractivity contribution in [2.45, 2.75) is 32.3 Å². The third kappa shape index (κ3) is 6.23. The van der Waals surface area contributed by atoms with Crippen molar-refractivity contribution in [1.29, 1.82) is 0 Å². The number of thiophene rings is 1. The van der Waals surface area contributed by atoms with E-state index in [4.69, 9.17) is 9.73 Å². The molecule has 0 saturated carbocycles. The third-order valence-corrected chi connectivity index (χ3v) is 8.72. The molecule has 1 amide bonds. The van der Waals surface area contributed by atoms with Gasteiger partial charge in [-0.3, -0.25) is 4.79 Å². The second-order valence-corrected chi connectivity index (χ2v) is 12.1. The number of carbonyl (C=O) groups excluding carboxylic acids is 1. The van der Waals surface area contributed by atoms with E-state index < -0.39 is 0 Å². The Bertz CT molecular complexity index is 1470. The number of ether oxygens (including phenoxy) is 1. The van der Waals surface area contributed by atoms with Gasteiger partial charge in [-0.2, -0.15) is 0 Å². The molecule has 1 aromatic heterocycles. The number of nitrogens with zero attached hydrogens (tertiary/aromatic N) is 1. The van der Waals surface area contributed by atoms with Crippen molar-refractivity contribution in [1.82, 2.24) is 0 Å². The number of carbonyl (C=O) groups is 1. The van der Waals surface area contributed by atoms with Crippen molar-refractivity contribution in [2.24, 2.45) is 4.99 Å². The Labute approximate surface area is 246 Å². The van der Waals surface area contributed by atoms with Crippen molar-refractivity contribution in [2.75, 3.05) is 5.32 Å². The van der Waals surface area contributed by atoms with Gasteiger partial charge in [0.1, 0.15) is 23.2 Å². The van der Waals surface area contributed by atoms with E-state index in [-0.39, 0.29) is 18.3 Å². The van der Waals surface area contributed by atoms with Gasteiger partial charge in [0.05, 0.1) is 9.13 Å². The van der Waals surface area contributed by atoms with Crippen LogP contribution in [0.1, 0.15) is 44.8 Å². The smallest absolute Gasteiger partial charge is 0.259 e. The number of anilines is 1. The van der Waals surface area contributed by atoms with Crippen LogP contribution in [0.25, 0.3) is 0 Å². The van der Waals surface area contributed by atoms with Gasteiger partial charge in [0.25, 0.3) is 5.91 Å². The normalized spacial score (nSPS) is 12.9. The first-order valence-electron chi connectivity index (χ1n) is 11.9. The average Bonchev–Trinajstić information content (AvgIpc) is 3.27. The predicted molar refractivity (Wildman–Crippen MR) is 165 cm³/mol. The van der Waals surface area contributed by atoms with Crippen LogP contribution >= 0.6 is 56.5 Å². The van der Waals surface area contributed by atoms with E-state index in [9.17, 15) is 9.18 Å². The number of hydrogen-bond donors (Lipinski definition) is 1. The molecule has 1 N–H and O–H groups in total. The summed E-state index contributed by atoms with van der Waals surface area (Å²) >= 11 is 6.09. The van der Waals surface area contributed by atoms with Gasteiger partial charge in [-0.05, 0) is 107 Å². The summed E-state index contributed by atoms with van der Waals surface area (Å²) in [6, 6.07) is 20.1. The van der Waals surface area contributed by atoms with Crippen molar-refractivity contribution in [3.8, 4) is 5.75 Å². The van der Waals surface area contributed by atoms with Gasteiger partial charge in [-0.1, -0.05) is 36.4 Å². The van der Waals surface area contributed by atoms with Crippen LogP contribution in [-0.4, -0.2) is 12.1 Å². The number of amides is 1. The fourth-order valence-electron chi connectivity index (χ4n) is 4.31. The standard InChI is InChI=1S/C29H23FI2N2O2S/c30-23-12-6-4-8-18(23)17-36-27-19(14-20(31)15-24(27)32)16-33-29-26(22-11-5-7-13-25(22)37-29)28(35)34-21-9-2-1-3-10-21/h1-4,6,8-10,12,14-16H,5,7,11,13,17H2,(H,34,35). The van der Waals surface area contributed by atoms with Crippen LogP contribution in [0, 0.1) is 13.0 Å². The first kappa shape index (κ1) is 26.3. The Kier molecular flexibility index (Phi) is 8.56. The topological polar surface area (TPSA) is 50.7 Å². The number of benzene rings is 3. The minimum absolute atomic E-state index is 0.113. The number of hydrogen-bond acceptors (Lipinski definition) is 4. The highest BCUT2D eigenvalue weighted by Crippen LogP contribution is 2.40. The molecule has 37 heavy (non-hydrogen) atoms. The number of halogens is 3. The minimum Gasteiger partial charge on any atom is -0.487 e. The molecule has 8 heteroatoms. The quantitative estimate of drug-likeness (QED) is 0.153. The largest absolute Gasteiger partial charge is 0.487 e. The summed E-state index contributed by atoms with van der Waals surface area (Å²) in [6.45, 7) is 0.113. The lowest BCUT2D eigenvalue weighted by molar-refractivity contribution is 0.102. The Morgan fingerprint density at radius 2 is 1.81 bits per heavy atom. The summed E-state index contributed by atoms with van der Waals surface area (Å²) < 4.78 is 22.2. The maximum atomic E-state index is 14.2. The molecule has 4 aromatic rings. The second kappa shape index (κ2) is 12.0. The minimum atomic E-state index is -0.295. The van der Waals surface area contributed by atoms with Crippen LogP contribution in [0.15, 0.2) is 71.7 Å². The maximum Gasteiger partial charge on any atom is 0.259 e. The van der Waals surface area contributed by atoms with Gasteiger partial charge < -0.3 is 10.1 Å². The van der Waals surface area contributed by atoms with E-state index in [1.807, 2.05) is 42.5 Å². The average molecular weight is 736 g/mol. The van der Waals surface area contributed by atoms with E-state index in [1.54, 1.807) is 35.8 Å². The van der Waals surface area contributed by atoms with Crippen LogP contribution in [0.2, 0.25) is 0 Å². The molecular formula is C29H23FI2N2O2S. The highest BCUT2D eigenvalue weighted by molar-refractivity contribution is 14.1. The molecule has 0 spiro atoms. The highest BCUT2D eigenvalue weighted by atomic mass is 127. The lowest BCUT2D eigenvalue weighted by atomic mass is 9.95. The molecule has 0 saturated heterocycles. The molecule has 0 bridgehead atoms. The van der Waals surface area contributed by atoms with Gasteiger partial charge in [-0.15, -0.1) is 11.3 Å². The zero-order valence-corrected chi connectivity index (χ0v) is 24.9. The molecule has 1 aliphatic rings. The van der Waals surface area contributed by atoms with Gasteiger partial charge in [-0.25, -0.2) is 9.38 Å². The fraction of sp³-hybridized carbons (Fsp3) is 0.172. The molecule has 1 heterocycles. The lowest BCUT2D eigenvalue weighted by Gasteiger charge is -2.13. The number of para-hydroxylation sites is 1. The van der Waals surface area contributed by atoms with Crippen LogP contribution in [0.3, 0.4) is 0 Å². The van der Waals surface area contributed by atoms with Gasteiger partial charge >= 0.3 is 0 Å². The Morgan fingerprint density at radius 1 is 1.05 bits per heavy atom. The van der Waals surface area contributed by atoms with Gasteiger partial charge in [0.2, 0.25) is 0 Å². The number of rotatable bonds is 7. The van der Waals surface area contributed by atoms with E-state index in [2.05, 4.69) is 50.5 Å². The fourth-order valence-corrected chi connectivity index (χ4v) is 7.59. The lowest BCUT2D eigenvalue weighted by Crippen LogP contribution is -2.14. The van der Waals surface area contributed by atoms with Crippen LogP contribution in [-0.2, 0) is 19.4 Å². The van der Waals surface area contributed by atoms with E-state index >= 15 is 0 Å². The molecule has 188 valence electrons. The first-order chi connectivity index (χ1) is 18.0. The summed E-state index contributed by atoms with van der Waals surface area (Å²) in [4.78, 5) is 19.5. The molecule has 0 aliphatic heterocycles. The number of nitrogens with one attached hydrogen (secondary N) is 1.